The Morgan fingerprint density at radius 2 is 1.75 bits per heavy atom. The van der Waals surface area contributed by atoms with Gasteiger partial charge in [-0.25, -0.2) is 4.79 Å². The maximum Gasteiger partial charge on any atom is 0.356 e. The second-order valence-electron chi connectivity index (χ2n) is 5.73. The first-order chi connectivity index (χ1) is 11.4. The van der Waals surface area contributed by atoms with E-state index >= 15 is 0 Å². The molecule has 4 rings (SSSR count). The van der Waals surface area contributed by atoms with E-state index < -0.39 is 5.97 Å². The van der Waals surface area contributed by atoms with E-state index in [4.69, 9.17) is 20.4 Å². The van der Waals surface area contributed by atoms with E-state index in [1.54, 1.807) is 7.05 Å². The molecular formula is C17H13ClN2O4. The minimum Gasteiger partial charge on any atom is -0.476 e. The molecule has 0 radical (unpaired) electrons. The molecule has 0 atom stereocenters. The predicted octanol–water partition coefficient (Wildman–Crippen LogP) is 4.55. The number of nitrogens with zero attached hydrogens (tertiary/aromatic N) is 2. The van der Waals surface area contributed by atoms with E-state index in [-0.39, 0.29) is 5.69 Å². The lowest BCUT2D eigenvalue weighted by molar-refractivity contribution is 0.0689. The summed E-state index contributed by atoms with van der Waals surface area (Å²) in [6, 6.07) is 5.22. The summed E-state index contributed by atoms with van der Waals surface area (Å²) in [4.78, 5) is 11.2. The van der Waals surface area contributed by atoms with Crippen LogP contribution in [-0.2, 0) is 7.05 Å². The first kappa shape index (κ1) is 14.8. The van der Waals surface area contributed by atoms with Crippen LogP contribution in [-0.4, -0.2) is 20.9 Å². The number of aryl methyl sites for hydroxylation is 3. The Bertz CT molecular complexity index is 1080. The second kappa shape index (κ2) is 4.88. The van der Waals surface area contributed by atoms with Crippen LogP contribution in [0.3, 0.4) is 0 Å². The molecule has 4 aromatic rings. The number of hydrogen-bond acceptors (Lipinski definition) is 4. The summed E-state index contributed by atoms with van der Waals surface area (Å²) in [6.45, 7) is 3.66. The maximum absolute atomic E-state index is 11.2. The number of hydrogen-bond donors (Lipinski definition) is 1. The van der Waals surface area contributed by atoms with Gasteiger partial charge in [-0.2, -0.15) is 5.10 Å². The average molecular weight is 345 g/mol. The first-order valence-corrected chi connectivity index (χ1v) is 7.64. The van der Waals surface area contributed by atoms with Crippen molar-refractivity contribution in [3.05, 3.63) is 40.4 Å². The van der Waals surface area contributed by atoms with Crippen molar-refractivity contribution in [2.75, 3.05) is 0 Å². The van der Waals surface area contributed by atoms with Crippen molar-refractivity contribution in [3.63, 3.8) is 0 Å². The molecule has 3 aromatic heterocycles. The Hall–Kier alpha value is -2.73. The van der Waals surface area contributed by atoms with Gasteiger partial charge in [0.15, 0.2) is 11.3 Å². The van der Waals surface area contributed by atoms with Gasteiger partial charge in [-0.3, -0.25) is 4.68 Å². The van der Waals surface area contributed by atoms with Gasteiger partial charge in [0.05, 0.1) is 16.3 Å². The van der Waals surface area contributed by atoms with Crippen LogP contribution in [0.1, 0.15) is 22.0 Å². The Balaban J connectivity index is 2.20. The van der Waals surface area contributed by atoms with Gasteiger partial charge in [0.2, 0.25) is 0 Å². The summed E-state index contributed by atoms with van der Waals surface area (Å²) >= 11 is 6.49. The van der Waals surface area contributed by atoms with Gasteiger partial charge in [-0.1, -0.05) is 11.6 Å². The number of fused-ring (bicyclic) bond motifs is 2. The van der Waals surface area contributed by atoms with Gasteiger partial charge >= 0.3 is 5.97 Å². The number of benzene rings is 1. The van der Waals surface area contributed by atoms with E-state index in [0.29, 0.717) is 33.4 Å². The fourth-order valence-electron chi connectivity index (χ4n) is 3.03. The van der Waals surface area contributed by atoms with Gasteiger partial charge in [0, 0.05) is 17.8 Å². The van der Waals surface area contributed by atoms with Crippen molar-refractivity contribution in [3.8, 4) is 11.3 Å². The molecule has 122 valence electrons. The molecule has 0 unspecified atom stereocenters. The largest absolute Gasteiger partial charge is 0.476 e. The molecule has 0 saturated heterocycles. The normalized spacial score (nSPS) is 11.7. The quantitative estimate of drug-likeness (QED) is 0.577. The molecule has 0 aliphatic carbocycles. The molecule has 3 heterocycles. The van der Waals surface area contributed by atoms with Gasteiger partial charge in [0.1, 0.15) is 17.1 Å². The minimum atomic E-state index is -1.09. The number of carbonyl (C=O) groups is 1. The third-order valence-corrected chi connectivity index (χ3v) is 4.37. The van der Waals surface area contributed by atoms with Gasteiger partial charge in [-0.05, 0) is 32.0 Å². The van der Waals surface area contributed by atoms with Crippen molar-refractivity contribution in [2.45, 2.75) is 13.8 Å². The second-order valence-corrected chi connectivity index (χ2v) is 6.11. The zero-order valence-electron chi connectivity index (χ0n) is 13.2. The lowest BCUT2D eigenvalue weighted by Crippen LogP contribution is -1.99. The molecule has 0 fully saturated rings. The highest BCUT2D eigenvalue weighted by Crippen LogP contribution is 2.43. The SMILES string of the molecule is Cc1cc2c(-c3cc(C(=O)O)nn3C)c3oc(C)cc3c(Cl)c2o1. The van der Waals surface area contributed by atoms with Crippen molar-refractivity contribution in [1.29, 1.82) is 0 Å². The predicted molar refractivity (Wildman–Crippen MR) is 89.6 cm³/mol. The standard InChI is InChI=1S/C17H13ClN2O4/c1-7-4-9-13(12-6-11(17(21)22)19-20(12)3)15-10(5-8(2)23-15)14(18)16(9)24-7/h4-6H,1-3H3,(H,21,22). The van der Waals surface area contributed by atoms with Crippen LogP contribution in [0.5, 0.6) is 0 Å². The molecule has 1 aromatic carbocycles. The van der Waals surface area contributed by atoms with Gasteiger partial charge < -0.3 is 13.9 Å². The van der Waals surface area contributed by atoms with E-state index in [0.717, 1.165) is 16.3 Å². The lowest BCUT2D eigenvalue weighted by atomic mass is 10.0. The minimum absolute atomic E-state index is 0.0350. The topological polar surface area (TPSA) is 81.4 Å². The number of rotatable bonds is 2. The van der Waals surface area contributed by atoms with Crippen molar-refractivity contribution < 1.29 is 18.7 Å². The van der Waals surface area contributed by atoms with Gasteiger partial charge in [0.25, 0.3) is 0 Å². The van der Waals surface area contributed by atoms with Crippen LogP contribution in [0.15, 0.2) is 27.0 Å². The number of carboxylic acid groups (broad SMARTS) is 1. The van der Waals surface area contributed by atoms with Crippen LogP contribution in [0.2, 0.25) is 5.02 Å². The Morgan fingerprint density at radius 3 is 2.38 bits per heavy atom. The van der Waals surface area contributed by atoms with Crippen LogP contribution in [0, 0.1) is 13.8 Å². The highest BCUT2D eigenvalue weighted by atomic mass is 35.5. The number of furan rings is 2. The number of carboxylic acids is 1. The summed E-state index contributed by atoms with van der Waals surface area (Å²) in [5.41, 5.74) is 2.44. The van der Waals surface area contributed by atoms with Crippen molar-refractivity contribution in [1.82, 2.24) is 9.78 Å². The molecule has 0 saturated carbocycles. The zero-order valence-corrected chi connectivity index (χ0v) is 13.9. The molecule has 0 aliphatic rings. The zero-order chi connectivity index (χ0) is 17.2. The van der Waals surface area contributed by atoms with Gasteiger partial charge in [-0.15, -0.1) is 0 Å². The van der Waals surface area contributed by atoms with Crippen LogP contribution in [0.25, 0.3) is 33.2 Å². The smallest absolute Gasteiger partial charge is 0.356 e. The molecule has 7 heteroatoms. The van der Waals surface area contributed by atoms with Crippen LogP contribution >= 0.6 is 11.6 Å². The molecule has 0 spiro atoms. The van der Waals surface area contributed by atoms with Crippen molar-refractivity contribution >= 4 is 39.5 Å². The molecule has 6 nitrogen and oxygen atoms in total. The molecule has 0 aliphatic heterocycles. The fourth-order valence-corrected chi connectivity index (χ4v) is 3.31. The summed E-state index contributed by atoms with van der Waals surface area (Å²) < 4.78 is 13.1. The number of aromatic carboxylic acids is 1. The van der Waals surface area contributed by atoms with Crippen LogP contribution in [0.4, 0.5) is 0 Å². The summed E-state index contributed by atoms with van der Waals surface area (Å²) in [7, 11) is 1.69. The van der Waals surface area contributed by atoms with E-state index in [2.05, 4.69) is 5.10 Å². The fraction of sp³-hybridized carbons (Fsp3) is 0.176. The summed E-state index contributed by atoms with van der Waals surface area (Å²) in [6.07, 6.45) is 0. The van der Waals surface area contributed by atoms with E-state index in [1.165, 1.54) is 10.7 Å². The lowest BCUT2D eigenvalue weighted by Gasteiger charge is -2.06. The maximum atomic E-state index is 11.2. The Morgan fingerprint density at radius 1 is 1.12 bits per heavy atom. The molecule has 24 heavy (non-hydrogen) atoms. The first-order valence-electron chi connectivity index (χ1n) is 7.26. The van der Waals surface area contributed by atoms with Crippen molar-refractivity contribution in [2.24, 2.45) is 7.05 Å². The van der Waals surface area contributed by atoms with E-state index in [1.807, 2.05) is 26.0 Å². The Kier molecular flexibility index (Phi) is 3.02. The van der Waals surface area contributed by atoms with E-state index in [9.17, 15) is 9.90 Å². The number of aromatic nitrogens is 2. The highest BCUT2D eigenvalue weighted by Gasteiger charge is 2.24. The molecule has 0 bridgehead atoms. The third-order valence-electron chi connectivity index (χ3n) is 4.00. The van der Waals surface area contributed by atoms with Crippen LogP contribution < -0.4 is 0 Å². The monoisotopic (exact) mass is 344 g/mol. The summed E-state index contributed by atoms with van der Waals surface area (Å²) in [5.74, 6) is 0.327. The number of halogens is 1. The highest BCUT2D eigenvalue weighted by molar-refractivity contribution is 6.41. The molecule has 0 amide bonds. The Labute approximate surface area is 141 Å². The molecular weight excluding hydrogens is 332 g/mol. The molecule has 1 N–H and O–H groups in total. The third kappa shape index (κ3) is 1.96. The summed E-state index contributed by atoms with van der Waals surface area (Å²) in [5, 5.41) is 15.2. The average Bonchev–Trinajstić information content (AvgIpc) is 3.17.